The molecule has 0 unspecified atom stereocenters. The second-order valence-corrected chi connectivity index (χ2v) is 9.68. The lowest BCUT2D eigenvalue weighted by molar-refractivity contribution is -0.126. The van der Waals surface area contributed by atoms with Gasteiger partial charge in [0.15, 0.2) is 5.78 Å². The van der Waals surface area contributed by atoms with Crippen molar-refractivity contribution in [3.8, 4) is 0 Å². The van der Waals surface area contributed by atoms with E-state index in [9.17, 15) is 14.4 Å². The molecule has 0 aliphatic heterocycles. The second kappa shape index (κ2) is 11.6. The molecular formula is C30H28N2O3S. The summed E-state index contributed by atoms with van der Waals surface area (Å²) >= 11 is 1.50. The number of rotatable bonds is 9. The van der Waals surface area contributed by atoms with Crippen molar-refractivity contribution in [3.63, 3.8) is 0 Å². The molecule has 0 radical (unpaired) electrons. The molecule has 36 heavy (non-hydrogen) atoms. The van der Waals surface area contributed by atoms with Crippen molar-refractivity contribution < 1.29 is 14.4 Å². The summed E-state index contributed by atoms with van der Waals surface area (Å²) in [6.45, 7) is 3.80. The molecule has 5 nitrogen and oxygen atoms in total. The zero-order chi connectivity index (χ0) is 25.5. The number of nitrogens with zero attached hydrogens (tertiary/aromatic N) is 1. The summed E-state index contributed by atoms with van der Waals surface area (Å²) in [5.74, 6) is -0.628. The highest BCUT2D eigenvalue weighted by Gasteiger charge is 2.33. The van der Waals surface area contributed by atoms with Gasteiger partial charge >= 0.3 is 0 Å². The molecule has 1 atom stereocenters. The van der Waals surface area contributed by atoms with Gasteiger partial charge in [-0.15, -0.1) is 11.3 Å². The molecule has 1 aromatic heterocycles. The average Bonchev–Trinajstić information content (AvgIpc) is 3.40. The van der Waals surface area contributed by atoms with Crippen LogP contribution in [0, 0.1) is 6.92 Å². The number of hydrogen-bond donors (Lipinski definition) is 1. The van der Waals surface area contributed by atoms with Gasteiger partial charge in [-0.05, 0) is 48.6 Å². The number of nitrogens with one attached hydrogen (secondary N) is 1. The van der Waals surface area contributed by atoms with Gasteiger partial charge in [0.1, 0.15) is 6.04 Å². The minimum absolute atomic E-state index is 0.108. The van der Waals surface area contributed by atoms with Crippen molar-refractivity contribution in [2.45, 2.75) is 32.9 Å². The van der Waals surface area contributed by atoms with Crippen molar-refractivity contribution in [2.75, 3.05) is 4.90 Å². The largest absolute Gasteiger partial charge is 0.350 e. The number of thiophene rings is 1. The Kier molecular flexibility index (Phi) is 8.08. The van der Waals surface area contributed by atoms with Crippen LogP contribution in [-0.2, 0) is 22.6 Å². The van der Waals surface area contributed by atoms with E-state index in [-0.39, 0.29) is 24.0 Å². The molecule has 0 fully saturated rings. The number of ketones is 1. The van der Waals surface area contributed by atoms with E-state index in [0.29, 0.717) is 23.4 Å². The SMILES string of the molecule is CC(=O)c1cccc(N(C(=O)Cc2cccs2)[C@H](C(=O)NCc2ccccc2)c2ccc(C)cc2)c1. The number of amides is 2. The van der Waals surface area contributed by atoms with Crippen LogP contribution >= 0.6 is 11.3 Å². The van der Waals surface area contributed by atoms with Gasteiger partial charge < -0.3 is 5.32 Å². The highest BCUT2D eigenvalue weighted by molar-refractivity contribution is 7.10. The lowest BCUT2D eigenvalue weighted by Crippen LogP contribution is -2.44. The van der Waals surface area contributed by atoms with Gasteiger partial charge in [0.05, 0.1) is 6.42 Å². The normalized spacial score (nSPS) is 11.5. The number of anilines is 1. The van der Waals surface area contributed by atoms with E-state index in [1.807, 2.05) is 79.0 Å². The Morgan fingerprint density at radius 3 is 2.31 bits per heavy atom. The molecule has 0 aliphatic carbocycles. The molecule has 0 spiro atoms. The van der Waals surface area contributed by atoms with Gasteiger partial charge in [0.2, 0.25) is 11.8 Å². The fourth-order valence-corrected chi connectivity index (χ4v) is 4.70. The Morgan fingerprint density at radius 1 is 0.889 bits per heavy atom. The zero-order valence-electron chi connectivity index (χ0n) is 20.3. The molecule has 0 bridgehead atoms. The van der Waals surface area contributed by atoms with Gasteiger partial charge in [-0.25, -0.2) is 0 Å². The molecule has 3 aromatic carbocycles. The van der Waals surface area contributed by atoms with E-state index in [1.165, 1.54) is 23.2 Å². The summed E-state index contributed by atoms with van der Waals surface area (Å²) < 4.78 is 0. The highest BCUT2D eigenvalue weighted by atomic mass is 32.1. The smallest absolute Gasteiger partial charge is 0.248 e. The fraction of sp³-hybridized carbons (Fsp3) is 0.167. The lowest BCUT2D eigenvalue weighted by atomic mass is 10.00. The first-order valence-electron chi connectivity index (χ1n) is 11.8. The van der Waals surface area contributed by atoms with E-state index >= 15 is 0 Å². The van der Waals surface area contributed by atoms with Crippen LogP contribution in [0.4, 0.5) is 5.69 Å². The maximum Gasteiger partial charge on any atom is 0.248 e. The minimum atomic E-state index is -0.913. The van der Waals surface area contributed by atoms with Gasteiger partial charge in [0.25, 0.3) is 0 Å². The van der Waals surface area contributed by atoms with E-state index in [2.05, 4.69) is 5.32 Å². The summed E-state index contributed by atoms with van der Waals surface area (Å²) in [7, 11) is 0. The quantitative estimate of drug-likeness (QED) is 0.294. The first-order valence-corrected chi connectivity index (χ1v) is 12.6. The third kappa shape index (κ3) is 6.15. The van der Waals surface area contributed by atoms with Crippen LogP contribution in [0.25, 0.3) is 0 Å². The molecule has 0 aliphatic rings. The number of carbonyl (C=O) groups excluding carboxylic acids is 3. The van der Waals surface area contributed by atoms with Crippen LogP contribution in [0.3, 0.4) is 0 Å². The molecule has 1 heterocycles. The third-order valence-corrected chi connectivity index (χ3v) is 6.79. The van der Waals surface area contributed by atoms with Crippen LogP contribution in [0.15, 0.2) is 96.4 Å². The van der Waals surface area contributed by atoms with Gasteiger partial charge in [-0.1, -0.05) is 78.4 Å². The van der Waals surface area contributed by atoms with Crippen molar-refractivity contribution >= 4 is 34.6 Å². The Morgan fingerprint density at radius 2 is 1.64 bits per heavy atom. The molecule has 0 saturated heterocycles. The number of aryl methyl sites for hydroxylation is 1. The van der Waals surface area contributed by atoms with Gasteiger partial charge in [-0.3, -0.25) is 19.3 Å². The van der Waals surface area contributed by atoms with Crippen LogP contribution in [-0.4, -0.2) is 17.6 Å². The Hall–Kier alpha value is -4.03. The second-order valence-electron chi connectivity index (χ2n) is 8.64. The Labute approximate surface area is 215 Å². The topological polar surface area (TPSA) is 66.5 Å². The van der Waals surface area contributed by atoms with Crippen molar-refractivity contribution in [1.29, 1.82) is 0 Å². The summed E-state index contributed by atoms with van der Waals surface area (Å²) in [6.07, 6.45) is 0.149. The van der Waals surface area contributed by atoms with Crippen LogP contribution < -0.4 is 10.2 Å². The number of hydrogen-bond acceptors (Lipinski definition) is 4. The van der Waals surface area contributed by atoms with E-state index in [0.717, 1.165) is 16.0 Å². The van der Waals surface area contributed by atoms with Crippen LogP contribution in [0.5, 0.6) is 0 Å². The minimum Gasteiger partial charge on any atom is -0.350 e. The van der Waals surface area contributed by atoms with Crippen LogP contribution in [0.2, 0.25) is 0 Å². The fourth-order valence-electron chi connectivity index (χ4n) is 4.01. The molecule has 182 valence electrons. The molecular weight excluding hydrogens is 468 g/mol. The third-order valence-electron chi connectivity index (χ3n) is 5.91. The number of carbonyl (C=O) groups is 3. The van der Waals surface area contributed by atoms with Gasteiger partial charge in [0, 0.05) is 22.7 Å². The highest BCUT2D eigenvalue weighted by Crippen LogP contribution is 2.30. The predicted octanol–water partition coefficient (Wildman–Crippen LogP) is 5.89. The van der Waals surface area contributed by atoms with Crippen molar-refractivity contribution in [3.05, 3.63) is 124 Å². The molecule has 0 saturated carbocycles. The molecule has 4 aromatic rings. The molecule has 1 N–H and O–H groups in total. The predicted molar refractivity (Wildman–Crippen MR) is 144 cm³/mol. The van der Waals surface area contributed by atoms with Crippen molar-refractivity contribution in [2.24, 2.45) is 0 Å². The van der Waals surface area contributed by atoms with E-state index in [1.54, 1.807) is 24.3 Å². The lowest BCUT2D eigenvalue weighted by Gasteiger charge is -2.32. The zero-order valence-corrected chi connectivity index (χ0v) is 21.1. The molecule has 4 rings (SSSR count). The van der Waals surface area contributed by atoms with E-state index < -0.39 is 6.04 Å². The maximum absolute atomic E-state index is 13.8. The summed E-state index contributed by atoms with van der Waals surface area (Å²) in [6, 6.07) is 27.1. The average molecular weight is 497 g/mol. The maximum atomic E-state index is 13.8. The van der Waals surface area contributed by atoms with Gasteiger partial charge in [-0.2, -0.15) is 0 Å². The first-order chi connectivity index (χ1) is 17.4. The number of Topliss-reactive ketones (excluding diaryl/α,β-unsaturated/α-hetero) is 1. The Bertz CT molecular complexity index is 1330. The Balaban J connectivity index is 1.77. The summed E-state index contributed by atoms with van der Waals surface area (Å²) in [4.78, 5) is 42.2. The van der Waals surface area contributed by atoms with E-state index in [4.69, 9.17) is 0 Å². The molecule has 6 heteroatoms. The summed E-state index contributed by atoms with van der Waals surface area (Å²) in [5, 5.41) is 4.94. The van der Waals surface area contributed by atoms with Crippen LogP contribution in [0.1, 0.15) is 44.9 Å². The number of benzene rings is 3. The standard InChI is InChI=1S/C30H28N2O3S/c1-21-13-15-24(16-14-21)29(30(35)31-20-23-8-4-3-5-9-23)32(28(34)19-27-12-7-17-36-27)26-11-6-10-25(18-26)22(2)33/h3-18,29H,19-20H2,1-2H3,(H,31,35)/t29-/m0/s1. The monoisotopic (exact) mass is 496 g/mol. The summed E-state index contributed by atoms with van der Waals surface area (Å²) in [5.41, 5.74) is 3.69. The first kappa shape index (κ1) is 25.1. The van der Waals surface area contributed by atoms with Crippen molar-refractivity contribution in [1.82, 2.24) is 5.32 Å². The molecule has 2 amide bonds.